The van der Waals surface area contributed by atoms with Gasteiger partial charge in [0.25, 0.3) is 0 Å². The van der Waals surface area contributed by atoms with Crippen LogP contribution in [0.3, 0.4) is 0 Å². The van der Waals surface area contributed by atoms with Crippen molar-refractivity contribution in [3.63, 3.8) is 0 Å². The summed E-state index contributed by atoms with van der Waals surface area (Å²) in [5.41, 5.74) is 2.44. The molecule has 0 radical (unpaired) electrons. The van der Waals surface area contributed by atoms with Crippen LogP contribution in [0.5, 0.6) is 0 Å². The molecule has 3 aromatic rings. The first-order chi connectivity index (χ1) is 14.6. The van der Waals surface area contributed by atoms with Crippen LogP contribution in [0.4, 0.5) is 5.82 Å². The molecule has 0 N–H and O–H groups in total. The summed E-state index contributed by atoms with van der Waals surface area (Å²) in [5.74, 6) is 1.88. The van der Waals surface area contributed by atoms with Gasteiger partial charge in [-0.2, -0.15) is 0 Å². The average molecular weight is 463 g/mol. The van der Waals surface area contributed by atoms with Crippen LogP contribution in [-0.4, -0.2) is 48.2 Å². The SMILES string of the molecule is CN(Cc1cccc(Cl)c1Cl)c1nc(CN2CCOCC2)nc2sc3c(c12)CCC3. The number of hydrogen-bond acceptors (Lipinski definition) is 6. The Morgan fingerprint density at radius 1 is 1.17 bits per heavy atom. The number of halogens is 2. The number of ether oxygens (including phenoxy) is 1. The summed E-state index contributed by atoms with van der Waals surface area (Å²) in [4.78, 5) is 17.2. The molecule has 1 fully saturated rings. The highest BCUT2D eigenvalue weighted by molar-refractivity contribution is 7.19. The van der Waals surface area contributed by atoms with E-state index in [1.165, 1.54) is 22.2 Å². The van der Waals surface area contributed by atoms with Gasteiger partial charge in [0, 0.05) is 31.6 Å². The quantitative estimate of drug-likeness (QED) is 0.535. The minimum atomic E-state index is 0.583. The van der Waals surface area contributed by atoms with Gasteiger partial charge < -0.3 is 9.64 Å². The van der Waals surface area contributed by atoms with E-state index < -0.39 is 0 Å². The van der Waals surface area contributed by atoms with Crippen molar-refractivity contribution in [3.8, 4) is 0 Å². The van der Waals surface area contributed by atoms with Crippen LogP contribution < -0.4 is 4.90 Å². The van der Waals surface area contributed by atoms with Gasteiger partial charge in [0.2, 0.25) is 0 Å². The van der Waals surface area contributed by atoms with Crippen molar-refractivity contribution in [2.45, 2.75) is 32.4 Å². The van der Waals surface area contributed by atoms with Crippen molar-refractivity contribution in [1.82, 2.24) is 14.9 Å². The lowest BCUT2D eigenvalue weighted by atomic mass is 10.1. The van der Waals surface area contributed by atoms with Crippen LogP contribution in [0.2, 0.25) is 10.0 Å². The Morgan fingerprint density at radius 2 is 2.00 bits per heavy atom. The summed E-state index contributed by atoms with van der Waals surface area (Å²) in [5, 5.41) is 2.42. The Balaban J connectivity index is 1.53. The number of fused-ring (bicyclic) bond motifs is 3. The third-order valence-electron chi connectivity index (χ3n) is 5.86. The largest absolute Gasteiger partial charge is 0.379 e. The molecule has 0 unspecified atom stereocenters. The number of aromatic nitrogens is 2. The molecule has 0 bridgehead atoms. The van der Waals surface area contributed by atoms with Gasteiger partial charge in [-0.05, 0) is 36.5 Å². The molecule has 2 aromatic heterocycles. The highest BCUT2D eigenvalue weighted by Crippen LogP contribution is 2.41. The normalized spacial score (nSPS) is 16.9. The molecule has 0 spiro atoms. The Kier molecular flexibility index (Phi) is 5.86. The van der Waals surface area contributed by atoms with E-state index in [2.05, 4.69) is 16.8 Å². The molecule has 1 saturated heterocycles. The fourth-order valence-electron chi connectivity index (χ4n) is 4.33. The second-order valence-electron chi connectivity index (χ2n) is 7.96. The van der Waals surface area contributed by atoms with Gasteiger partial charge in [-0.3, -0.25) is 4.90 Å². The lowest BCUT2D eigenvalue weighted by Crippen LogP contribution is -2.36. The molecule has 0 atom stereocenters. The highest BCUT2D eigenvalue weighted by Gasteiger charge is 2.25. The molecular weight excluding hydrogens is 439 g/mol. The molecular formula is C22H24Cl2N4OS. The maximum absolute atomic E-state index is 6.47. The van der Waals surface area contributed by atoms with Crippen molar-refractivity contribution in [3.05, 3.63) is 50.1 Å². The number of hydrogen-bond donors (Lipinski definition) is 0. The fourth-order valence-corrected chi connectivity index (χ4v) is 5.98. The third-order valence-corrected chi connectivity index (χ3v) is 7.91. The number of anilines is 1. The van der Waals surface area contributed by atoms with E-state index in [1.807, 2.05) is 29.5 Å². The molecule has 8 heteroatoms. The Labute approximate surface area is 190 Å². The molecule has 158 valence electrons. The molecule has 0 amide bonds. The Morgan fingerprint density at radius 3 is 2.83 bits per heavy atom. The van der Waals surface area contributed by atoms with Gasteiger partial charge in [-0.25, -0.2) is 9.97 Å². The van der Waals surface area contributed by atoms with Gasteiger partial charge >= 0.3 is 0 Å². The maximum atomic E-state index is 6.47. The minimum absolute atomic E-state index is 0.583. The number of aryl methyl sites for hydroxylation is 2. The molecule has 1 aliphatic carbocycles. The van der Waals surface area contributed by atoms with E-state index in [1.54, 1.807) is 0 Å². The van der Waals surface area contributed by atoms with Crippen molar-refractivity contribution < 1.29 is 4.74 Å². The summed E-state index contributed by atoms with van der Waals surface area (Å²) in [6.45, 7) is 4.79. The zero-order valence-electron chi connectivity index (χ0n) is 17.0. The molecule has 1 aliphatic heterocycles. The lowest BCUT2D eigenvalue weighted by molar-refractivity contribution is 0.0331. The number of thiophene rings is 1. The van der Waals surface area contributed by atoms with Crippen molar-refractivity contribution in [2.24, 2.45) is 0 Å². The highest BCUT2D eigenvalue weighted by atomic mass is 35.5. The van der Waals surface area contributed by atoms with E-state index in [9.17, 15) is 0 Å². The fraction of sp³-hybridized carbons (Fsp3) is 0.455. The van der Waals surface area contributed by atoms with Crippen LogP contribution in [0.25, 0.3) is 10.2 Å². The van der Waals surface area contributed by atoms with E-state index in [4.69, 9.17) is 37.9 Å². The standard InChI is InChI=1S/C22H24Cl2N4OS/c1-27(12-14-4-2-6-16(23)20(14)24)21-19-15-5-3-7-17(15)30-22(19)26-18(25-21)13-28-8-10-29-11-9-28/h2,4,6H,3,5,7-13H2,1H3. The van der Waals surface area contributed by atoms with Crippen LogP contribution >= 0.6 is 34.5 Å². The first kappa shape index (κ1) is 20.5. The summed E-state index contributed by atoms with van der Waals surface area (Å²) in [6.07, 6.45) is 3.48. The summed E-state index contributed by atoms with van der Waals surface area (Å²) >= 11 is 14.5. The van der Waals surface area contributed by atoms with Crippen LogP contribution in [-0.2, 0) is 30.7 Å². The van der Waals surface area contributed by atoms with Gasteiger partial charge in [0.05, 0.1) is 35.2 Å². The van der Waals surface area contributed by atoms with E-state index in [0.29, 0.717) is 16.6 Å². The van der Waals surface area contributed by atoms with Crippen molar-refractivity contribution in [2.75, 3.05) is 38.3 Å². The Hall–Kier alpha value is -1.44. The second kappa shape index (κ2) is 8.60. The van der Waals surface area contributed by atoms with Crippen LogP contribution in [0, 0.1) is 0 Å². The van der Waals surface area contributed by atoms with E-state index in [-0.39, 0.29) is 0 Å². The van der Waals surface area contributed by atoms with Gasteiger partial charge in [0.15, 0.2) is 0 Å². The smallest absolute Gasteiger partial charge is 0.146 e. The minimum Gasteiger partial charge on any atom is -0.379 e. The monoisotopic (exact) mass is 462 g/mol. The second-order valence-corrected chi connectivity index (χ2v) is 9.83. The average Bonchev–Trinajstić information content (AvgIpc) is 3.32. The Bertz CT molecular complexity index is 1080. The predicted octanol–water partition coefficient (Wildman–Crippen LogP) is 4.96. The zero-order valence-corrected chi connectivity index (χ0v) is 19.3. The number of rotatable bonds is 5. The van der Waals surface area contributed by atoms with Gasteiger partial charge in [0.1, 0.15) is 16.5 Å². The summed E-state index contributed by atoms with van der Waals surface area (Å²) in [6, 6.07) is 5.79. The zero-order chi connectivity index (χ0) is 20.7. The van der Waals surface area contributed by atoms with Gasteiger partial charge in [-0.1, -0.05) is 35.3 Å². The molecule has 30 heavy (non-hydrogen) atoms. The lowest BCUT2D eigenvalue weighted by Gasteiger charge is -2.26. The molecule has 0 saturated carbocycles. The summed E-state index contributed by atoms with van der Waals surface area (Å²) < 4.78 is 5.49. The van der Waals surface area contributed by atoms with Crippen molar-refractivity contribution in [1.29, 1.82) is 0 Å². The summed E-state index contributed by atoms with van der Waals surface area (Å²) in [7, 11) is 2.08. The van der Waals surface area contributed by atoms with Crippen LogP contribution in [0.15, 0.2) is 18.2 Å². The molecule has 5 nitrogen and oxygen atoms in total. The molecule has 2 aliphatic rings. The number of benzene rings is 1. The molecule has 3 heterocycles. The van der Waals surface area contributed by atoms with Gasteiger partial charge in [-0.15, -0.1) is 11.3 Å². The predicted molar refractivity (Wildman–Crippen MR) is 124 cm³/mol. The first-order valence-electron chi connectivity index (χ1n) is 10.4. The van der Waals surface area contributed by atoms with E-state index >= 15 is 0 Å². The topological polar surface area (TPSA) is 41.5 Å². The maximum Gasteiger partial charge on any atom is 0.146 e. The number of nitrogens with zero attached hydrogens (tertiary/aromatic N) is 4. The van der Waals surface area contributed by atoms with Crippen LogP contribution in [0.1, 0.15) is 28.2 Å². The molecule has 5 rings (SSSR count). The number of morpholine rings is 1. The molecule has 1 aromatic carbocycles. The third kappa shape index (κ3) is 3.92. The first-order valence-corrected chi connectivity index (χ1v) is 11.9. The van der Waals surface area contributed by atoms with E-state index in [0.717, 1.165) is 67.7 Å². The van der Waals surface area contributed by atoms with Crippen molar-refractivity contribution >= 4 is 50.6 Å².